The number of hydrogen-bond acceptors (Lipinski definition) is 7. The number of carbonyl (C=O) groups excluding carboxylic acids is 1. The van der Waals surface area contributed by atoms with Gasteiger partial charge in [0.15, 0.2) is 0 Å². The maximum Gasteiger partial charge on any atom is 0.290 e. The minimum Gasteiger partial charge on any atom is -0.378 e. The van der Waals surface area contributed by atoms with Gasteiger partial charge in [-0.2, -0.15) is 15.3 Å². The van der Waals surface area contributed by atoms with Crippen LogP contribution in [0.4, 0.5) is 11.4 Å². The van der Waals surface area contributed by atoms with Gasteiger partial charge in [-0.15, -0.1) is 0 Å². The lowest BCUT2D eigenvalue weighted by molar-refractivity contribution is 0.102. The van der Waals surface area contributed by atoms with Crippen molar-refractivity contribution < 1.29 is 9.53 Å². The number of nitrogens with one attached hydrogen (secondary N) is 1. The molecule has 3 heterocycles. The first-order chi connectivity index (χ1) is 16.0. The fraction of sp³-hybridized carbons (Fsp3) is 0.375. The molecule has 33 heavy (non-hydrogen) atoms. The van der Waals surface area contributed by atoms with Gasteiger partial charge < -0.3 is 15.0 Å². The van der Waals surface area contributed by atoms with E-state index < -0.39 is 0 Å². The normalized spacial score (nSPS) is 16.0. The lowest BCUT2D eigenvalue weighted by atomic mass is 9.97. The van der Waals surface area contributed by atoms with Crippen molar-refractivity contribution in [2.45, 2.75) is 25.7 Å². The first-order valence-electron chi connectivity index (χ1n) is 11.2. The van der Waals surface area contributed by atoms with Crippen molar-refractivity contribution in [3.05, 3.63) is 63.7 Å². The highest BCUT2D eigenvalue weighted by atomic mass is 16.5. The van der Waals surface area contributed by atoms with Crippen molar-refractivity contribution in [1.82, 2.24) is 20.0 Å². The maximum absolute atomic E-state index is 12.8. The molecule has 1 aromatic carbocycles. The number of carbonyl (C=O) groups is 1. The predicted octanol–water partition coefficient (Wildman–Crippen LogP) is 2.51. The van der Waals surface area contributed by atoms with E-state index in [0.717, 1.165) is 35.2 Å². The Morgan fingerprint density at radius 1 is 1.15 bits per heavy atom. The highest BCUT2D eigenvalue weighted by molar-refractivity contribution is 6.04. The average Bonchev–Trinajstić information content (AvgIpc) is 3.68. The third-order valence-electron chi connectivity index (χ3n) is 6.18. The van der Waals surface area contributed by atoms with E-state index in [1.807, 2.05) is 24.0 Å². The number of morpholine rings is 1. The quantitative estimate of drug-likeness (QED) is 0.642. The smallest absolute Gasteiger partial charge is 0.290 e. The minimum atomic E-state index is -0.232. The van der Waals surface area contributed by atoms with Gasteiger partial charge in [-0.3, -0.25) is 9.59 Å². The van der Waals surface area contributed by atoms with E-state index in [9.17, 15) is 9.59 Å². The Hall–Kier alpha value is -3.59. The van der Waals surface area contributed by atoms with Crippen LogP contribution in [0.1, 0.15) is 40.2 Å². The molecule has 2 fully saturated rings. The SMILES string of the molecule is Cc1cc(C2CC2)c(NC(=O)c2ccnnc2)cc1-c1cc(N2CCOCC2)c(=O)n(C)n1. The van der Waals surface area contributed by atoms with E-state index >= 15 is 0 Å². The molecule has 5 rings (SSSR count). The molecule has 1 aliphatic heterocycles. The molecule has 0 unspecified atom stereocenters. The Bertz CT molecular complexity index is 1250. The van der Waals surface area contributed by atoms with Crippen LogP contribution in [0.25, 0.3) is 11.3 Å². The summed E-state index contributed by atoms with van der Waals surface area (Å²) in [6.07, 6.45) is 5.17. The first-order valence-corrected chi connectivity index (χ1v) is 11.2. The molecule has 1 N–H and O–H groups in total. The van der Waals surface area contributed by atoms with Gasteiger partial charge in [0, 0.05) is 31.4 Å². The summed E-state index contributed by atoms with van der Waals surface area (Å²) in [5.74, 6) is 0.213. The zero-order valence-corrected chi connectivity index (χ0v) is 18.7. The summed E-state index contributed by atoms with van der Waals surface area (Å²) in [6, 6.07) is 7.60. The van der Waals surface area contributed by atoms with Gasteiger partial charge >= 0.3 is 0 Å². The molecule has 0 bridgehead atoms. The Morgan fingerprint density at radius 3 is 2.64 bits per heavy atom. The van der Waals surface area contributed by atoms with E-state index in [1.165, 1.54) is 17.1 Å². The Balaban J connectivity index is 1.56. The van der Waals surface area contributed by atoms with E-state index in [-0.39, 0.29) is 11.5 Å². The summed E-state index contributed by atoms with van der Waals surface area (Å²) in [6.45, 7) is 4.56. The fourth-order valence-corrected chi connectivity index (χ4v) is 4.22. The van der Waals surface area contributed by atoms with E-state index in [1.54, 1.807) is 13.1 Å². The number of amides is 1. The zero-order valence-electron chi connectivity index (χ0n) is 18.7. The molecule has 1 amide bonds. The van der Waals surface area contributed by atoms with E-state index in [2.05, 4.69) is 26.7 Å². The number of ether oxygens (including phenoxy) is 1. The molecule has 0 atom stereocenters. The molecule has 2 aromatic heterocycles. The van der Waals surface area contributed by atoms with Gasteiger partial charge in [0.2, 0.25) is 0 Å². The van der Waals surface area contributed by atoms with Crippen molar-refractivity contribution in [2.24, 2.45) is 7.05 Å². The Kier molecular flexibility index (Phi) is 5.63. The second kappa shape index (κ2) is 8.74. The van der Waals surface area contributed by atoms with Gasteiger partial charge in [0.1, 0.15) is 5.69 Å². The number of aromatic nitrogens is 4. The molecule has 0 spiro atoms. The number of nitrogens with zero attached hydrogens (tertiary/aromatic N) is 5. The van der Waals surface area contributed by atoms with Crippen LogP contribution >= 0.6 is 0 Å². The van der Waals surface area contributed by atoms with Crippen LogP contribution in [0.5, 0.6) is 0 Å². The third-order valence-corrected chi connectivity index (χ3v) is 6.18. The van der Waals surface area contributed by atoms with Gasteiger partial charge in [-0.25, -0.2) is 4.68 Å². The highest BCUT2D eigenvalue weighted by Gasteiger charge is 2.28. The lowest BCUT2D eigenvalue weighted by Gasteiger charge is -2.28. The summed E-state index contributed by atoms with van der Waals surface area (Å²) in [5, 5.41) is 15.1. The summed E-state index contributed by atoms with van der Waals surface area (Å²) >= 11 is 0. The second-order valence-electron chi connectivity index (χ2n) is 8.56. The molecule has 0 radical (unpaired) electrons. The molecular formula is C24H26N6O3. The molecule has 9 heteroatoms. The van der Waals surface area contributed by atoms with Crippen LogP contribution in [0, 0.1) is 6.92 Å². The second-order valence-corrected chi connectivity index (χ2v) is 8.56. The average molecular weight is 447 g/mol. The number of benzene rings is 1. The molecular weight excluding hydrogens is 420 g/mol. The van der Waals surface area contributed by atoms with E-state index in [0.29, 0.717) is 49.2 Å². The molecule has 2 aliphatic rings. The molecule has 1 saturated carbocycles. The van der Waals surface area contributed by atoms with E-state index in [4.69, 9.17) is 4.74 Å². The Morgan fingerprint density at radius 2 is 1.94 bits per heavy atom. The topological polar surface area (TPSA) is 102 Å². The van der Waals surface area contributed by atoms with Crippen LogP contribution in [-0.4, -0.2) is 52.2 Å². The lowest BCUT2D eigenvalue weighted by Crippen LogP contribution is -2.40. The van der Waals surface area contributed by atoms with Gasteiger partial charge in [-0.1, -0.05) is 6.07 Å². The number of aryl methyl sites for hydroxylation is 2. The monoisotopic (exact) mass is 446 g/mol. The molecule has 1 saturated heterocycles. The van der Waals surface area contributed by atoms with Crippen LogP contribution in [0.2, 0.25) is 0 Å². The van der Waals surface area contributed by atoms with Gasteiger partial charge in [-0.05, 0) is 55.0 Å². The standard InChI is InChI=1S/C24H26N6O3/c1-15-11-19(16-3-4-16)20(27-23(31)17-5-6-25-26-14-17)12-18(15)21-13-22(24(32)29(2)28-21)30-7-9-33-10-8-30/h5-6,11-14,16H,3-4,7-10H2,1-2H3,(H,27,31). The fourth-order valence-electron chi connectivity index (χ4n) is 4.22. The van der Waals surface area contributed by atoms with Crippen LogP contribution in [0.15, 0.2) is 41.5 Å². The zero-order chi connectivity index (χ0) is 22.9. The van der Waals surface area contributed by atoms with Crippen molar-refractivity contribution in [1.29, 1.82) is 0 Å². The minimum absolute atomic E-state index is 0.133. The van der Waals surface area contributed by atoms with Gasteiger partial charge in [0.25, 0.3) is 11.5 Å². The van der Waals surface area contributed by atoms with Crippen LogP contribution in [-0.2, 0) is 11.8 Å². The molecule has 170 valence electrons. The predicted molar refractivity (Wildman–Crippen MR) is 125 cm³/mol. The van der Waals surface area contributed by atoms with Crippen molar-refractivity contribution >= 4 is 17.3 Å². The third kappa shape index (κ3) is 4.36. The number of hydrogen-bond donors (Lipinski definition) is 1. The van der Waals surface area contributed by atoms with Crippen LogP contribution < -0.4 is 15.8 Å². The number of anilines is 2. The first kappa shape index (κ1) is 21.3. The summed E-state index contributed by atoms with van der Waals surface area (Å²) in [4.78, 5) is 27.7. The summed E-state index contributed by atoms with van der Waals surface area (Å²) < 4.78 is 6.83. The van der Waals surface area contributed by atoms with Crippen LogP contribution in [0.3, 0.4) is 0 Å². The molecule has 9 nitrogen and oxygen atoms in total. The maximum atomic E-state index is 12.8. The summed E-state index contributed by atoms with van der Waals surface area (Å²) in [7, 11) is 1.67. The molecule has 3 aromatic rings. The molecule has 1 aliphatic carbocycles. The summed E-state index contributed by atoms with van der Waals surface area (Å²) in [5.41, 5.74) is 5.46. The van der Waals surface area contributed by atoms with Crippen molar-refractivity contribution in [2.75, 3.05) is 36.5 Å². The van der Waals surface area contributed by atoms with Gasteiger partial charge in [0.05, 0.1) is 36.9 Å². The van der Waals surface area contributed by atoms with Crippen molar-refractivity contribution in [3.63, 3.8) is 0 Å². The number of rotatable bonds is 5. The Labute approximate surface area is 191 Å². The van der Waals surface area contributed by atoms with Crippen molar-refractivity contribution in [3.8, 4) is 11.3 Å². The highest BCUT2D eigenvalue weighted by Crippen LogP contribution is 2.45. The largest absolute Gasteiger partial charge is 0.378 e.